The van der Waals surface area contributed by atoms with Gasteiger partial charge in [-0.2, -0.15) is 0 Å². The molecular weight excluding hydrogens is 272 g/mol. The molecule has 0 radical (unpaired) electrons. The highest BCUT2D eigenvalue weighted by molar-refractivity contribution is 6.30. The van der Waals surface area contributed by atoms with Gasteiger partial charge in [0.15, 0.2) is 0 Å². The highest BCUT2D eigenvalue weighted by Gasteiger charge is 2.04. The van der Waals surface area contributed by atoms with Crippen molar-refractivity contribution in [3.63, 3.8) is 0 Å². The van der Waals surface area contributed by atoms with E-state index in [4.69, 9.17) is 11.6 Å². The van der Waals surface area contributed by atoms with Crippen LogP contribution in [0.3, 0.4) is 0 Å². The lowest BCUT2D eigenvalue weighted by Gasteiger charge is -2.05. The number of aryl methyl sites for hydroxylation is 2. The van der Waals surface area contributed by atoms with Gasteiger partial charge in [0, 0.05) is 17.6 Å². The van der Waals surface area contributed by atoms with E-state index >= 15 is 0 Å². The number of carbonyl (C=O) groups excluding carboxylic acids is 1. The molecule has 0 bridgehead atoms. The van der Waals surface area contributed by atoms with Gasteiger partial charge in [-0.1, -0.05) is 41.4 Å². The first-order chi connectivity index (χ1) is 9.63. The van der Waals surface area contributed by atoms with Gasteiger partial charge in [0.1, 0.15) is 5.82 Å². The molecule has 0 atom stereocenters. The first-order valence-corrected chi connectivity index (χ1v) is 6.98. The number of pyridine rings is 1. The normalized spacial score (nSPS) is 10.3. The summed E-state index contributed by atoms with van der Waals surface area (Å²) >= 11 is 5.83. The Labute approximate surface area is 124 Å². The largest absolute Gasteiger partial charge is 0.311 e. The van der Waals surface area contributed by atoms with Crippen LogP contribution in [0.2, 0.25) is 5.02 Å². The molecule has 0 aliphatic carbocycles. The van der Waals surface area contributed by atoms with Gasteiger partial charge in [-0.15, -0.1) is 0 Å². The van der Waals surface area contributed by atoms with Crippen LogP contribution < -0.4 is 5.32 Å². The molecule has 0 saturated heterocycles. The van der Waals surface area contributed by atoms with Gasteiger partial charge < -0.3 is 5.32 Å². The van der Waals surface area contributed by atoms with Crippen molar-refractivity contribution in [1.82, 2.24) is 4.98 Å². The molecule has 20 heavy (non-hydrogen) atoms. The smallest absolute Gasteiger partial charge is 0.225 e. The number of nitrogens with zero attached hydrogens (tertiary/aromatic N) is 1. The molecule has 2 aromatic rings. The molecule has 0 aliphatic rings. The Morgan fingerprint density at radius 1 is 1.25 bits per heavy atom. The summed E-state index contributed by atoms with van der Waals surface area (Å²) in [6, 6.07) is 11.7. The number of aromatic nitrogens is 1. The zero-order valence-electron chi connectivity index (χ0n) is 11.4. The Kier molecular flexibility index (Phi) is 5.13. The second-order valence-electron chi connectivity index (χ2n) is 4.75. The van der Waals surface area contributed by atoms with E-state index in [2.05, 4.69) is 41.5 Å². The maximum atomic E-state index is 11.8. The Morgan fingerprint density at radius 2 is 2.00 bits per heavy atom. The topological polar surface area (TPSA) is 42.0 Å². The van der Waals surface area contributed by atoms with E-state index in [9.17, 15) is 4.79 Å². The van der Waals surface area contributed by atoms with Gasteiger partial charge in [0.2, 0.25) is 5.91 Å². The number of anilines is 1. The van der Waals surface area contributed by atoms with Crippen LogP contribution in [0, 0.1) is 6.92 Å². The van der Waals surface area contributed by atoms with Gasteiger partial charge in [-0.25, -0.2) is 4.98 Å². The predicted octanol–water partition coefficient (Wildman–Crippen LogP) is 4.00. The molecule has 1 aromatic carbocycles. The fraction of sp³-hybridized carbons (Fsp3) is 0.250. The monoisotopic (exact) mass is 288 g/mol. The Bertz CT molecular complexity index is 581. The summed E-state index contributed by atoms with van der Waals surface area (Å²) in [7, 11) is 0. The highest BCUT2D eigenvalue weighted by Crippen LogP contribution is 2.12. The van der Waals surface area contributed by atoms with E-state index in [0.717, 1.165) is 12.8 Å². The molecule has 3 nitrogen and oxygen atoms in total. The molecule has 4 heteroatoms. The fourth-order valence-corrected chi connectivity index (χ4v) is 2.05. The minimum absolute atomic E-state index is 0.0353. The second-order valence-corrected chi connectivity index (χ2v) is 5.18. The summed E-state index contributed by atoms with van der Waals surface area (Å²) in [5.74, 6) is 0.463. The maximum Gasteiger partial charge on any atom is 0.225 e. The lowest BCUT2D eigenvalue weighted by atomic mass is 10.1. The molecule has 1 heterocycles. The molecule has 104 valence electrons. The minimum Gasteiger partial charge on any atom is -0.311 e. The van der Waals surface area contributed by atoms with Crippen LogP contribution in [-0.4, -0.2) is 10.9 Å². The van der Waals surface area contributed by atoms with Gasteiger partial charge in [-0.05, 0) is 37.5 Å². The van der Waals surface area contributed by atoms with E-state index in [-0.39, 0.29) is 5.91 Å². The van der Waals surface area contributed by atoms with Crippen molar-refractivity contribution >= 4 is 23.3 Å². The quantitative estimate of drug-likeness (QED) is 0.903. The molecule has 0 spiro atoms. The van der Waals surface area contributed by atoms with Crippen molar-refractivity contribution in [3.8, 4) is 0 Å². The van der Waals surface area contributed by atoms with Crippen molar-refractivity contribution in [2.24, 2.45) is 0 Å². The number of carbonyl (C=O) groups is 1. The van der Waals surface area contributed by atoms with E-state index in [1.54, 1.807) is 18.3 Å². The summed E-state index contributed by atoms with van der Waals surface area (Å²) in [6.07, 6.45) is 3.76. The Hall–Kier alpha value is -1.87. The number of benzene rings is 1. The molecule has 0 unspecified atom stereocenters. The summed E-state index contributed by atoms with van der Waals surface area (Å²) in [5, 5.41) is 3.31. The molecule has 1 aromatic heterocycles. The first kappa shape index (κ1) is 14.5. The van der Waals surface area contributed by atoms with Crippen LogP contribution in [0.4, 0.5) is 5.82 Å². The van der Waals surface area contributed by atoms with Crippen molar-refractivity contribution in [2.75, 3.05) is 5.32 Å². The summed E-state index contributed by atoms with van der Waals surface area (Å²) in [5.41, 5.74) is 2.50. The molecule has 1 N–H and O–H groups in total. The number of rotatable bonds is 5. The molecule has 0 saturated carbocycles. The van der Waals surface area contributed by atoms with Crippen molar-refractivity contribution < 1.29 is 4.79 Å². The van der Waals surface area contributed by atoms with Crippen molar-refractivity contribution in [3.05, 3.63) is 58.7 Å². The van der Waals surface area contributed by atoms with E-state index in [0.29, 0.717) is 17.3 Å². The third-order valence-electron chi connectivity index (χ3n) is 2.98. The van der Waals surface area contributed by atoms with E-state index in [1.807, 2.05) is 0 Å². The molecule has 0 fully saturated rings. The average Bonchev–Trinajstić information content (AvgIpc) is 2.41. The predicted molar refractivity (Wildman–Crippen MR) is 82.0 cm³/mol. The lowest BCUT2D eigenvalue weighted by Crippen LogP contribution is -2.12. The third kappa shape index (κ3) is 4.67. The number of nitrogens with one attached hydrogen (secondary N) is 1. The summed E-state index contributed by atoms with van der Waals surface area (Å²) < 4.78 is 0. The lowest BCUT2D eigenvalue weighted by molar-refractivity contribution is -0.116. The van der Waals surface area contributed by atoms with Gasteiger partial charge >= 0.3 is 0 Å². The van der Waals surface area contributed by atoms with Gasteiger partial charge in [0.25, 0.3) is 0 Å². The van der Waals surface area contributed by atoms with Gasteiger partial charge in [-0.3, -0.25) is 4.79 Å². The number of hydrogen-bond donors (Lipinski definition) is 1. The zero-order valence-corrected chi connectivity index (χ0v) is 12.2. The van der Waals surface area contributed by atoms with Crippen molar-refractivity contribution in [1.29, 1.82) is 0 Å². The Morgan fingerprint density at radius 3 is 2.70 bits per heavy atom. The molecule has 0 aliphatic heterocycles. The standard InChI is InChI=1S/C16H17ClN2O/c1-12-5-7-13(8-6-12)3-2-4-16(20)19-15-11-14(17)9-10-18-15/h5-11H,2-4H2,1H3,(H,18,19,20). The van der Waals surface area contributed by atoms with Crippen molar-refractivity contribution in [2.45, 2.75) is 26.2 Å². The number of halogens is 1. The minimum atomic E-state index is -0.0353. The van der Waals surface area contributed by atoms with E-state index in [1.165, 1.54) is 11.1 Å². The van der Waals surface area contributed by atoms with E-state index < -0.39 is 0 Å². The number of amides is 1. The SMILES string of the molecule is Cc1ccc(CCCC(=O)Nc2cc(Cl)ccn2)cc1. The van der Waals surface area contributed by atoms with Crippen LogP contribution >= 0.6 is 11.6 Å². The van der Waals surface area contributed by atoms with Crippen LogP contribution in [0.5, 0.6) is 0 Å². The third-order valence-corrected chi connectivity index (χ3v) is 3.21. The second kappa shape index (κ2) is 7.06. The first-order valence-electron chi connectivity index (χ1n) is 6.60. The maximum absolute atomic E-state index is 11.8. The van der Waals surface area contributed by atoms with Crippen LogP contribution in [-0.2, 0) is 11.2 Å². The zero-order chi connectivity index (χ0) is 14.4. The summed E-state index contributed by atoms with van der Waals surface area (Å²) in [4.78, 5) is 15.8. The molecule has 1 amide bonds. The van der Waals surface area contributed by atoms with Crippen LogP contribution in [0.1, 0.15) is 24.0 Å². The molecular formula is C16H17ClN2O. The number of hydrogen-bond acceptors (Lipinski definition) is 2. The summed E-state index contributed by atoms with van der Waals surface area (Å²) in [6.45, 7) is 2.06. The van der Waals surface area contributed by atoms with Crippen LogP contribution in [0.25, 0.3) is 0 Å². The fourth-order valence-electron chi connectivity index (χ4n) is 1.89. The van der Waals surface area contributed by atoms with Crippen LogP contribution in [0.15, 0.2) is 42.6 Å². The highest BCUT2D eigenvalue weighted by atomic mass is 35.5. The molecule has 2 rings (SSSR count). The average molecular weight is 289 g/mol. The Balaban J connectivity index is 1.76. The van der Waals surface area contributed by atoms with Gasteiger partial charge in [0.05, 0.1) is 0 Å².